The summed E-state index contributed by atoms with van der Waals surface area (Å²) >= 11 is 0. The van der Waals surface area contributed by atoms with Gasteiger partial charge in [0.25, 0.3) is 0 Å². The first-order chi connectivity index (χ1) is 7.99. The number of ether oxygens (including phenoxy) is 1. The predicted octanol–water partition coefficient (Wildman–Crippen LogP) is 2.28. The van der Waals surface area contributed by atoms with Crippen LogP contribution in [0.5, 0.6) is 5.75 Å². The molecule has 0 radical (unpaired) electrons. The Morgan fingerprint density at radius 2 is 2.06 bits per heavy atom. The Balaban J connectivity index is 2.93. The fourth-order valence-electron chi connectivity index (χ4n) is 1.73. The fourth-order valence-corrected chi connectivity index (χ4v) is 1.73. The number of carbonyl (C=O) groups excluding carboxylic acids is 1. The summed E-state index contributed by atoms with van der Waals surface area (Å²) in [4.78, 5) is 10.2. The zero-order chi connectivity index (χ0) is 12.9. The fraction of sp³-hybridized carbons (Fsp3) is 0.500. The van der Waals surface area contributed by atoms with E-state index in [2.05, 4.69) is 32.2 Å². The van der Waals surface area contributed by atoms with Crippen molar-refractivity contribution in [2.45, 2.75) is 32.7 Å². The number of hydrogen-bond donors (Lipinski definition) is 1. The van der Waals surface area contributed by atoms with Crippen LogP contribution in [0.25, 0.3) is 0 Å². The van der Waals surface area contributed by atoms with E-state index in [1.165, 1.54) is 5.56 Å². The molecular formula is C14H21NO2. The van der Waals surface area contributed by atoms with Gasteiger partial charge in [0.2, 0.25) is 0 Å². The van der Waals surface area contributed by atoms with Gasteiger partial charge < -0.3 is 14.8 Å². The van der Waals surface area contributed by atoms with E-state index in [1.54, 1.807) is 7.11 Å². The maximum atomic E-state index is 10.2. The van der Waals surface area contributed by atoms with E-state index in [0.29, 0.717) is 13.1 Å². The van der Waals surface area contributed by atoms with Crippen LogP contribution < -0.4 is 10.1 Å². The molecule has 0 fully saturated rings. The van der Waals surface area contributed by atoms with E-state index in [1.807, 2.05) is 12.1 Å². The van der Waals surface area contributed by atoms with Crippen molar-refractivity contribution >= 4 is 6.29 Å². The molecule has 0 aromatic heterocycles. The highest BCUT2D eigenvalue weighted by Crippen LogP contribution is 2.31. The largest absolute Gasteiger partial charge is 0.496 e. The number of nitrogens with one attached hydrogen (secondary N) is 1. The second-order valence-corrected chi connectivity index (χ2v) is 5.08. The van der Waals surface area contributed by atoms with Crippen LogP contribution in [0.4, 0.5) is 0 Å². The van der Waals surface area contributed by atoms with Gasteiger partial charge in [0, 0.05) is 6.54 Å². The number of hydrogen-bond acceptors (Lipinski definition) is 3. The van der Waals surface area contributed by atoms with Crippen LogP contribution >= 0.6 is 0 Å². The first kappa shape index (κ1) is 13.7. The molecule has 0 saturated carbocycles. The summed E-state index contributed by atoms with van der Waals surface area (Å²) in [6.45, 7) is 7.57. The summed E-state index contributed by atoms with van der Waals surface area (Å²) in [6.07, 6.45) is 0.869. The van der Waals surface area contributed by atoms with Gasteiger partial charge in [0.15, 0.2) is 0 Å². The maximum absolute atomic E-state index is 10.2. The lowest BCUT2D eigenvalue weighted by atomic mass is 9.85. The molecule has 17 heavy (non-hydrogen) atoms. The molecule has 0 heterocycles. The van der Waals surface area contributed by atoms with Gasteiger partial charge >= 0.3 is 0 Å². The van der Waals surface area contributed by atoms with E-state index in [0.717, 1.165) is 17.6 Å². The van der Waals surface area contributed by atoms with Crippen LogP contribution in [0.3, 0.4) is 0 Å². The Morgan fingerprint density at radius 3 is 2.59 bits per heavy atom. The van der Waals surface area contributed by atoms with Gasteiger partial charge in [0.1, 0.15) is 12.0 Å². The smallest absolute Gasteiger partial charge is 0.133 e. The van der Waals surface area contributed by atoms with Crippen molar-refractivity contribution < 1.29 is 9.53 Å². The maximum Gasteiger partial charge on any atom is 0.133 e. The van der Waals surface area contributed by atoms with E-state index < -0.39 is 0 Å². The van der Waals surface area contributed by atoms with Crippen molar-refractivity contribution in [3.05, 3.63) is 29.3 Å². The Kier molecular flexibility index (Phi) is 4.70. The molecule has 3 nitrogen and oxygen atoms in total. The third-order valence-corrected chi connectivity index (χ3v) is 2.63. The quantitative estimate of drug-likeness (QED) is 0.628. The first-order valence-corrected chi connectivity index (χ1v) is 5.81. The monoisotopic (exact) mass is 235 g/mol. The summed E-state index contributed by atoms with van der Waals surface area (Å²) < 4.78 is 5.38. The molecule has 0 amide bonds. The molecule has 0 spiro atoms. The van der Waals surface area contributed by atoms with E-state index in [-0.39, 0.29) is 5.41 Å². The average molecular weight is 235 g/mol. The zero-order valence-electron chi connectivity index (χ0n) is 11.0. The van der Waals surface area contributed by atoms with Gasteiger partial charge in [-0.05, 0) is 22.6 Å². The Labute approximate surface area is 103 Å². The van der Waals surface area contributed by atoms with Crippen LogP contribution in [-0.4, -0.2) is 19.9 Å². The molecule has 1 N–H and O–H groups in total. The molecule has 0 aliphatic heterocycles. The van der Waals surface area contributed by atoms with Crippen molar-refractivity contribution in [3.8, 4) is 5.75 Å². The highest BCUT2D eigenvalue weighted by Gasteiger charge is 2.18. The summed E-state index contributed by atoms with van der Waals surface area (Å²) in [7, 11) is 1.69. The molecule has 1 aromatic carbocycles. The topological polar surface area (TPSA) is 38.3 Å². The Morgan fingerprint density at radius 1 is 1.35 bits per heavy atom. The molecule has 1 rings (SSSR count). The van der Waals surface area contributed by atoms with Crippen LogP contribution in [0.15, 0.2) is 18.2 Å². The normalized spacial score (nSPS) is 11.3. The number of carbonyl (C=O) groups is 1. The number of aldehydes is 1. The third kappa shape index (κ3) is 3.86. The molecule has 1 aromatic rings. The SMILES string of the molecule is COc1ccc(CNCC=O)cc1C(C)(C)C. The zero-order valence-corrected chi connectivity index (χ0v) is 11.0. The molecule has 0 unspecified atom stereocenters. The highest BCUT2D eigenvalue weighted by molar-refractivity contribution is 5.51. The van der Waals surface area contributed by atoms with Crippen molar-refractivity contribution in [3.63, 3.8) is 0 Å². The van der Waals surface area contributed by atoms with Crippen LogP contribution in [0.2, 0.25) is 0 Å². The van der Waals surface area contributed by atoms with Gasteiger partial charge in [-0.2, -0.15) is 0 Å². The van der Waals surface area contributed by atoms with Gasteiger partial charge in [-0.1, -0.05) is 32.9 Å². The third-order valence-electron chi connectivity index (χ3n) is 2.63. The van der Waals surface area contributed by atoms with E-state index >= 15 is 0 Å². The Hall–Kier alpha value is -1.35. The minimum atomic E-state index is 0.0476. The van der Waals surface area contributed by atoms with Crippen LogP contribution in [0.1, 0.15) is 31.9 Å². The second kappa shape index (κ2) is 5.82. The van der Waals surface area contributed by atoms with Crippen LogP contribution in [-0.2, 0) is 16.8 Å². The molecule has 0 saturated heterocycles. The molecule has 0 bridgehead atoms. The minimum Gasteiger partial charge on any atom is -0.496 e. The van der Waals surface area contributed by atoms with E-state index in [4.69, 9.17) is 4.74 Å². The summed E-state index contributed by atoms with van der Waals surface area (Å²) in [6, 6.07) is 6.14. The van der Waals surface area contributed by atoms with Crippen molar-refractivity contribution in [1.82, 2.24) is 5.32 Å². The average Bonchev–Trinajstić information content (AvgIpc) is 2.28. The number of benzene rings is 1. The molecule has 0 aliphatic rings. The van der Waals surface area contributed by atoms with Gasteiger partial charge in [-0.25, -0.2) is 0 Å². The van der Waals surface area contributed by atoms with Gasteiger partial charge in [-0.15, -0.1) is 0 Å². The van der Waals surface area contributed by atoms with Crippen molar-refractivity contribution in [2.75, 3.05) is 13.7 Å². The molecular weight excluding hydrogens is 214 g/mol. The van der Waals surface area contributed by atoms with E-state index in [9.17, 15) is 4.79 Å². The molecule has 0 atom stereocenters. The lowest BCUT2D eigenvalue weighted by molar-refractivity contribution is -0.107. The predicted molar refractivity (Wildman–Crippen MR) is 69.5 cm³/mol. The molecule has 0 aliphatic carbocycles. The molecule has 3 heteroatoms. The molecule has 94 valence electrons. The van der Waals surface area contributed by atoms with Crippen molar-refractivity contribution in [2.24, 2.45) is 0 Å². The summed E-state index contributed by atoms with van der Waals surface area (Å²) in [5.41, 5.74) is 2.40. The lowest BCUT2D eigenvalue weighted by Crippen LogP contribution is -2.17. The minimum absolute atomic E-state index is 0.0476. The summed E-state index contributed by atoms with van der Waals surface area (Å²) in [5.74, 6) is 0.914. The Bertz CT molecular complexity index is 380. The number of methoxy groups -OCH3 is 1. The second-order valence-electron chi connectivity index (χ2n) is 5.08. The van der Waals surface area contributed by atoms with Crippen LogP contribution in [0, 0.1) is 0 Å². The lowest BCUT2D eigenvalue weighted by Gasteiger charge is -2.23. The van der Waals surface area contributed by atoms with Crippen molar-refractivity contribution in [1.29, 1.82) is 0 Å². The highest BCUT2D eigenvalue weighted by atomic mass is 16.5. The first-order valence-electron chi connectivity index (χ1n) is 5.81. The van der Waals surface area contributed by atoms with Gasteiger partial charge in [-0.3, -0.25) is 0 Å². The summed E-state index contributed by atoms with van der Waals surface area (Å²) in [5, 5.41) is 3.06. The standard InChI is InChI=1S/C14H21NO2/c1-14(2,3)12-9-11(10-15-7-8-16)5-6-13(12)17-4/h5-6,8-9,15H,7,10H2,1-4H3. The number of rotatable bonds is 5. The van der Waals surface area contributed by atoms with Gasteiger partial charge in [0.05, 0.1) is 13.7 Å².